The van der Waals surface area contributed by atoms with Gasteiger partial charge in [0.15, 0.2) is 0 Å². The SMILES string of the molecule is Nc1cc(Br)cc(CN2C(=O)C3CCCC3C2=O)c1. The Kier molecular flexibility index (Phi) is 3.09. The normalized spacial score (nSPS) is 26.1. The standard InChI is InChI=1S/C14H15BrN2O2/c15-9-4-8(5-10(16)6-9)7-17-13(18)11-2-1-3-12(11)14(17)19/h4-6,11-12H,1-3,7,16H2. The number of carbonyl (C=O) groups is 2. The van der Waals surface area contributed by atoms with E-state index in [0.29, 0.717) is 12.2 Å². The van der Waals surface area contributed by atoms with Gasteiger partial charge >= 0.3 is 0 Å². The summed E-state index contributed by atoms with van der Waals surface area (Å²) in [4.78, 5) is 25.9. The summed E-state index contributed by atoms with van der Waals surface area (Å²) in [5, 5.41) is 0. The van der Waals surface area contributed by atoms with Gasteiger partial charge in [-0.25, -0.2) is 0 Å². The first-order chi connectivity index (χ1) is 9.06. The molecule has 2 fully saturated rings. The van der Waals surface area contributed by atoms with Crippen LogP contribution in [0.3, 0.4) is 0 Å². The molecule has 1 aromatic carbocycles. The molecule has 1 aromatic rings. The van der Waals surface area contributed by atoms with Crippen molar-refractivity contribution in [1.29, 1.82) is 0 Å². The fraction of sp³-hybridized carbons (Fsp3) is 0.429. The third-order valence-corrected chi connectivity index (χ3v) is 4.46. The number of anilines is 1. The highest BCUT2D eigenvalue weighted by atomic mass is 79.9. The quantitative estimate of drug-likeness (QED) is 0.671. The molecular weight excluding hydrogens is 308 g/mol. The van der Waals surface area contributed by atoms with Crippen LogP contribution < -0.4 is 5.73 Å². The Balaban J connectivity index is 1.83. The molecule has 1 saturated heterocycles. The summed E-state index contributed by atoms with van der Waals surface area (Å²) in [6, 6.07) is 5.50. The Bertz CT molecular complexity index is 516. The van der Waals surface area contributed by atoms with E-state index in [-0.39, 0.29) is 23.7 Å². The van der Waals surface area contributed by atoms with Gasteiger partial charge in [-0.1, -0.05) is 22.4 Å². The van der Waals surface area contributed by atoms with Crippen molar-refractivity contribution in [2.45, 2.75) is 25.8 Å². The Morgan fingerprint density at radius 3 is 2.37 bits per heavy atom. The number of nitrogens with two attached hydrogens (primary N) is 1. The zero-order chi connectivity index (χ0) is 13.6. The molecule has 1 saturated carbocycles. The van der Waals surface area contributed by atoms with Crippen molar-refractivity contribution >= 4 is 33.4 Å². The van der Waals surface area contributed by atoms with Crippen molar-refractivity contribution in [3.8, 4) is 0 Å². The number of likely N-dealkylation sites (tertiary alicyclic amines) is 1. The lowest BCUT2D eigenvalue weighted by Crippen LogP contribution is -2.31. The van der Waals surface area contributed by atoms with E-state index in [9.17, 15) is 9.59 Å². The highest BCUT2D eigenvalue weighted by molar-refractivity contribution is 9.10. The summed E-state index contributed by atoms with van der Waals surface area (Å²) < 4.78 is 0.863. The van der Waals surface area contributed by atoms with E-state index < -0.39 is 0 Å². The Morgan fingerprint density at radius 2 is 1.79 bits per heavy atom. The molecule has 1 aliphatic heterocycles. The minimum Gasteiger partial charge on any atom is -0.399 e. The molecule has 19 heavy (non-hydrogen) atoms. The number of rotatable bonds is 2. The van der Waals surface area contributed by atoms with Gasteiger partial charge in [-0.3, -0.25) is 14.5 Å². The molecule has 100 valence electrons. The molecule has 3 rings (SSSR count). The Hall–Kier alpha value is -1.36. The minimum atomic E-state index is -0.0722. The van der Waals surface area contributed by atoms with Crippen molar-refractivity contribution in [2.75, 3.05) is 5.73 Å². The zero-order valence-electron chi connectivity index (χ0n) is 10.4. The van der Waals surface area contributed by atoms with E-state index >= 15 is 0 Å². The van der Waals surface area contributed by atoms with Crippen LogP contribution in [-0.2, 0) is 16.1 Å². The highest BCUT2D eigenvalue weighted by Gasteiger charge is 2.49. The molecule has 5 heteroatoms. The van der Waals surface area contributed by atoms with Crippen molar-refractivity contribution in [3.05, 3.63) is 28.2 Å². The summed E-state index contributed by atoms with van der Waals surface area (Å²) in [7, 11) is 0. The van der Waals surface area contributed by atoms with Gasteiger partial charge in [-0.05, 0) is 36.6 Å². The van der Waals surface area contributed by atoms with Crippen LogP contribution in [0.25, 0.3) is 0 Å². The number of hydrogen-bond donors (Lipinski definition) is 1. The molecule has 0 aromatic heterocycles. The predicted octanol–water partition coefficient (Wildman–Crippen LogP) is 2.32. The van der Waals surface area contributed by atoms with Crippen LogP contribution in [0.15, 0.2) is 22.7 Å². The summed E-state index contributed by atoms with van der Waals surface area (Å²) >= 11 is 3.37. The number of nitrogen functional groups attached to an aromatic ring is 1. The number of amides is 2. The number of carbonyl (C=O) groups excluding carboxylic acids is 2. The molecule has 4 nitrogen and oxygen atoms in total. The molecule has 1 heterocycles. The van der Waals surface area contributed by atoms with E-state index in [4.69, 9.17) is 5.73 Å². The summed E-state index contributed by atoms with van der Waals surface area (Å²) in [5.74, 6) is -0.161. The maximum atomic E-state index is 12.2. The van der Waals surface area contributed by atoms with Crippen molar-refractivity contribution in [3.63, 3.8) is 0 Å². The molecule has 2 amide bonds. The van der Waals surface area contributed by atoms with Crippen LogP contribution in [-0.4, -0.2) is 16.7 Å². The number of fused-ring (bicyclic) bond motifs is 1. The Labute approximate surface area is 120 Å². The van der Waals surface area contributed by atoms with Crippen LogP contribution in [0.5, 0.6) is 0 Å². The van der Waals surface area contributed by atoms with Gasteiger partial charge in [-0.15, -0.1) is 0 Å². The number of halogens is 1. The monoisotopic (exact) mass is 322 g/mol. The molecule has 2 N–H and O–H groups in total. The average Bonchev–Trinajstić information content (AvgIpc) is 2.88. The van der Waals surface area contributed by atoms with Gasteiger partial charge in [0.2, 0.25) is 11.8 Å². The highest BCUT2D eigenvalue weighted by Crippen LogP contribution is 2.40. The molecule has 0 bridgehead atoms. The second-order valence-electron chi connectivity index (χ2n) is 5.30. The van der Waals surface area contributed by atoms with E-state index in [0.717, 1.165) is 29.3 Å². The van der Waals surface area contributed by atoms with Gasteiger partial charge in [0.1, 0.15) is 0 Å². The molecule has 1 aliphatic carbocycles. The number of nitrogens with zero attached hydrogens (tertiary/aromatic N) is 1. The predicted molar refractivity (Wildman–Crippen MR) is 74.9 cm³/mol. The van der Waals surface area contributed by atoms with Gasteiger partial charge in [-0.2, -0.15) is 0 Å². The number of hydrogen-bond acceptors (Lipinski definition) is 3. The Morgan fingerprint density at radius 1 is 1.16 bits per heavy atom. The summed E-state index contributed by atoms with van der Waals surface area (Å²) in [5.41, 5.74) is 7.29. The first kappa shape index (κ1) is 12.7. The van der Waals surface area contributed by atoms with Crippen LogP contribution >= 0.6 is 15.9 Å². The van der Waals surface area contributed by atoms with Crippen molar-refractivity contribution in [1.82, 2.24) is 4.90 Å². The molecule has 0 spiro atoms. The average molecular weight is 323 g/mol. The second kappa shape index (κ2) is 4.63. The number of benzene rings is 1. The fourth-order valence-corrected chi connectivity index (χ4v) is 3.72. The molecule has 2 atom stereocenters. The molecule has 0 radical (unpaired) electrons. The maximum absolute atomic E-state index is 12.2. The smallest absolute Gasteiger partial charge is 0.233 e. The van der Waals surface area contributed by atoms with Crippen LogP contribution in [0, 0.1) is 11.8 Å². The van der Waals surface area contributed by atoms with Gasteiger partial charge in [0, 0.05) is 10.2 Å². The van der Waals surface area contributed by atoms with E-state index in [1.54, 1.807) is 12.1 Å². The first-order valence-electron chi connectivity index (χ1n) is 6.46. The lowest BCUT2D eigenvalue weighted by molar-refractivity contribution is -0.141. The van der Waals surface area contributed by atoms with Gasteiger partial charge in [0.05, 0.1) is 18.4 Å². The topological polar surface area (TPSA) is 63.4 Å². The van der Waals surface area contributed by atoms with Crippen LogP contribution in [0.2, 0.25) is 0 Å². The van der Waals surface area contributed by atoms with Gasteiger partial charge in [0.25, 0.3) is 0 Å². The van der Waals surface area contributed by atoms with Crippen molar-refractivity contribution < 1.29 is 9.59 Å². The third kappa shape index (κ3) is 2.16. The fourth-order valence-electron chi connectivity index (χ4n) is 3.17. The van der Waals surface area contributed by atoms with Crippen LogP contribution in [0.1, 0.15) is 24.8 Å². The van der Waals surface area contributed by atoms with Crippen molar-refractivity contribution in [2.24, 2.45) is 11.8 Å². The minimum absolute atomic E-state index is 0.00829. The molecule has 2 unspecified atom stereocenters. The lowest BCUT2D eigenvalue weighted by atomic mass is 10.00. The summed E-state index contributed by atoms with van der Waals surface area (Å²) in [6.07, 6.45) is 2.70. The lowest BCUT2D eigenvalue weighted by Gasteiger charge is -2.16. The third-order valence-electron chi connectivity index (χ3n) is 4.00. The van der Waals surface area contributed by atoms with Crippen LogP contribution in [0.4, 0.5) is 5.69 Å². The number of imide groups is 1. The first-order valence-corrected chi connectivity index (χ1v) is 7.26. The largest absolute Gasteiger partial charge is 0.399 e. The molecular formula is C14H15BrN2O2. The summed E-state index contributed by atoms with van der Waals surface area (Å²) in [6.45, 7) is 0.328. The van der Waals surface area contributed by atoms with E-state index in [2.05, 4.69) is 15.9 Å². The van der Waals surface area contributed by atoms with E-state index in [1.807, 2.05) is 6.07 Å². The zero-order valence-corrected chi connectivity index (χ0v) is 12.0. The van der Waals surface area contributed by atoms with Gasteiger partial charge < -0.3 is 5.73 Å². The second-order valence-corrected chi connectivity index (χ2v) is 6.21. The maximum Gasteiger partial charge on any atom is 0.233 e. The van der Waals surface area contributed by atoms with E-state index in [1.165, 1.54) is 4.90 Å². The molecule has 2 aliphatic rings.